The summed E-state index contributed by atoms with van der Waals surface area (Å²) in [5, 5.41) is 8.98. The van der Waals surface area contributed by atoms with Gasteiger partial charge in [0.05, 0.1) is 11.6 Å². The topological polar surface area (TPSA) is 60.2 Å². The first-order valence-electron chi connectivity index (χ1n) is 10.5. The number of aromatic nitrogens is 1. The molecule has 2 aliphatic rings. The Morgan fingerprint density at radius 1 is 1.10 bits per heavy atom. The number of hydrogen-bond donors (Lipinski definition) is 0. The smallest absolute Gasteiger partial charge is 0.222 e. The molecule has 5 nitrogen and oxygen atoms in total. The number of hydrogen-bond acceptors (Lipinski definition) is 4. The molecular weight excluding hydrogens is 360 g/mol. The van der Waals surface area contributed by atoms with Crippen LogP contribution in [0.15, 0.2) is 48.7 Å². The Bertz CT molecular complexity index is 874. The zero-order valence-corrected chi connectivity index (χ0v) is 16.9. The maximum Gasteiger partial charge on any atom is 0.222 e. The first-order valence-corrected chi connectivity index (χ1v) is 10.5. The summed E-state index contributed by atoms with van der Waals surface area (Å²) in [5.74, 6) is 0.288. The number of likely N-dealkylation sites (tertiary alicyclic amines) is 2. The van der Waals surface area contributed by atoms with Gasteiger partial charge in [0.1, 0.15) is 0 Å². The van der Waals surface area contributed by atoms with E-state index in [1.165, 1.54) is 18.4 Å². The lowest BCUT2D eigenvalue weighted by Crippen LogP contribution is -2.54. The van der Waals surface area contributed by atoms with E-state index in [4.69, 9.17) is 5.26 Å². The molecule has 1 aromatic carbocycles. The minimum Gasteiger partial charge on any atom is -0.342 e. The Morgan fingerprint density at radius 2 is 1.97 bits per heavy atom. The highest BCUT2D eigenvalue weighted by molar-refractivity contribution is 5.77. The van der Waals surface area contributed by atoms with E-state index >= 15 is 0 Å². The molecule has 0 N–H and O–H groups in total. The Labute approximate surface area is 173 Å². The van der Waals surface area contributed by atoms with Gasteiger partial charge >= 0.3 is 0 Å². The molecule has 1 atom stereocenters. The lowest BCUT2D eigenvalue weighted by atomic mass is 9.73. The molecule has 0 unspecified atom stereocenters. The SMILES string of the molecule is N#Cc1ccc(CN2CCC[C@@]3(CCC(=O)N(CCc4ccccn4)C3)C2)cc1. The summed E-state index contributed by atoms with van der Waals surface area (Å²) in [6.45, 7) is 4.68. The van der Waals surface area contributed by atoms with Gasteiger partial charge in [0.15, 0.2) is 0 Å². The monoisotopic (exact) mass is 388 g/mol. The van der Waals surface area contributed by atoms with Crippen molar-refractivity contribution in [2.45, 2.75) is 38.6 Å². The maximum absolute atomic E-state index is 12.5. The van der Waals surface area contributed by atoms with E-state index in [0.717, 1.165) is 51.3 Å². The second-order valence-electron chi connectivity index (χ2n) is 8.51. The van der Waals surface area contributed by atoms with Crippen molar-refractivity contribution < 1.29 is 4.79 Å². The predicted molar refractivity (Wildman–Crippen MR) is 112 cm³/mol. The van der Waals surface area contributed by atoms with Crippen LogP contribution in [0.4, 0.5) is 0 Å². The van der Waals surface area contributed by atoms with Crippen LogP contribution < -0.4 is 0 Å². The van der Waals surface area contributed by atoms with Gasteiger partial charge in [-0.15, -0.1) is 0 Å². The summed E-state index contributed by atoms with van der Waals surface area (Å²) in [6.07, 6.45) is 6.67. The van der Waals surface area contributed by atoms with Crippen LogP contribution in [-0.4, -0.2) is 46.9 Å². The van der Waals surface area contributed by atoms with Crippen LogP contribution in [-0.2, 0) is 17.8 Å². The molecule has 2 aromatic rings. The van der Waals surface area contributed by atoms with Crippen molar-refractivity contribution in [2.75, 3.05) is 26.2 Å². The number of piperidine rings is 2. The fourth-order valence-electron chi connectivity index (χ4n) is 4.82. The first kappa shape index (κ1) is 19.6. The van der Waals surface area contributed by atoms with Crippen LogP contribution in [0, 0.1) is 16.7 Å². The van der Waals surface area contributed by atoms with Crippen LogP contribution in [0.2, 0.25) is 0 Å². The lowest BCUT2D eigenvalue weighted by Gasteiger charge is -2.48. The number of benzene rings is 1. The molecule has 1 aromatic heterocycles. The third kappa shape index (κ3) is 4.83. The van der Waals surface area contributed by atoms with E-state index in [1.54, 1.807) is 0 Å². The van der Waals surface area contributed by atoms with E-state index in [1.807, 2.05) is 36.5 Å². The minimum absolute atomic E-state index is 0.211. The van der Waals surface area contributed by atoms with E-state index in [9.17, 15) is 4.79 Å². The molecule has 5 heteroatoms. The Balaban J connectivity index is 1.38. The number of nitriles is 1. The van der Waals surface area contributed by atoms with Crippen LogP contribution in [0.1, 0.15) is 42.5 Å². The van der Waals surface area contributed by atoms with Gasteiger partial charge in [-0.2, -0.15) is 5.26 Å². The van der Waals surface area contributed by atoms with Crippen molar-refractivity contribution in [3.8, 4) is 6.07 Å². The van der Waals surface area contributed by atoms with Gasteiger partial charge in [0.2, 0.25) is 5.91 Å². The van der Waals surface area contributed by atoms with Crippen LogP contribution in [0.25, 0.3) is 0 Å². The largest absolute Gasteiger partial charge is 0.342 e. The lowest BCUT2D eigenvalue weighted by molar-refractivity contribution is -0.139. The molecule has 0 radical (unpaired) electrons. The van der Waals surface area contributed by atoms with Crippen molar-refractivity contribution in [2.24, 2.45) is 5.41 Å². The van der Waals surface area contributed by atoms with Gasteiger partial charge < -0.3 is 4.90 Å². The van der Waals surface area contributed by atoms with E-state index < -0.39 is 0 Å². The van der Waals surface area contributed by atoms with E-state index in [0.29, 0.717) is 12.0 Å². The molecule has 4 rings (SSSR count). The Morgan fingerprint density at radius 3 is 2.72 bits per heavy atom. The molecule has 2 saturated heterocycles. The van der Waals surface area contributed by atoms with Crippen molar-refractivity contribution in [3.05, 3.63) is 65.5 Å². The van der Waals surface area contributed by atoms with Crippen molar-refractivity contribution >= 4 is 5.91 Å². The maximum atomic E-state index is 12.5. The highest BCUT2D eigenvalue weighted by Crippen LogP contribution is 2.39. The average molecular weight is 389 g/mol. The third-order valence-corrected chi connectivity index (χ3v) is 6.34. The highest BCUT2D eigenvalue weighted by Gasteiger charge is 2.41. The number of rotatable bonds is 5. The molecule has 1 amide bonds. The number of carbonyl (C=O) groups excluding carboxylic acids is 1. The number of nitrogens with zero attached hydrogens (tertiary/aromatic N) is 4. The van der Waals surface area contributed by atoms with Crippen LogP contribution in [0.5, 0.6) is 0 Å². The molecule has 2 aliphatic heterocycles. The summed E-state index contributed by atoms with van der Waals surface area (Å²) in [4.78, 5) is 21.5. The van der Waals surface area contributed by atoms with E-state index in [-0.39, 0.29) is 11.3 Å². The molecule has 1 spiro atoms. The zero-order valence-electron chi connectivity index (χ0n) is 16.9. The molecular formula is C24H28N4O. The molecule has 0 bridgehead atoms. The predicted octanol–water partition coefficient (Wildman–Crippen LogP) is 3.40. The second-order valence-corrected chi connectivity index (χ2v) is 8.51. The molecule has 2 fully saturated rings. The summed E-state index contributed by atoms with van der Waals surface area (Å²) < 4.78 is 0. The molecule has 29 heavy (non-hydrogen) atoms. The first-order chi connectivity index (χ1) is 14.2. The van der Waals surface area contributed by atoms with Crippen molar-refractivity contribution in [3.63, 3.8) is 0 Å². The Kier molecular flexibility index (Phi) is 5.92. The van der Waals surface area contributed by atoms with Gasteiger partial charge in [0.25, 0.3) is 0 Å². The average Bonchev–Trinajstić information content (AvgIpc) is 2.76. The number of carbonyl (C=O) groups is 1. The minimum atomic E-state index is 0.211. The fraction of sp³-hybridized carbons (Fsp3) is 0.458. The van der Waals surface area contributed by atoms with E-state index in [2.05, 4.69) is 33.0 Å². The second kappa shape index (κ2) is 8.75. The number of pyridine rings is 1. The van der Waals surface area contributed by atoms with Gasteiger partial charge in [-0.05, 0) is 55.6 Å². The van der Waals surface area contributed by atoms with Gasteiger partial charge in [-0.3, -0.25) is 14.7 Å². The standard InChI is InChI=1S/C24H28N4O/c25-16-20-5-7-21(8-6-20)17-27-14-3-11-24(18-27)12-9-23(29)28(19-24)15-10-22-4-1-2-13-26-22/h1-2,4-8,13H,3,9-12,14-15,17-19H2/t24-/m1/s1. The third-order valence-electron chi connectivity index (χ3n) is 6.34. The summed E-state index contributed by atoms with van der Waals surface area (Å²) in [6, 6.07) is 16.1. The normalized spacial score (nSPS) is 22.6. The van der Waals surface area contributed by atoms with Crippen molar-refractivity contribution in [1.29, 1.82) is 5.26 Å². The van der Waals surface area contributed by atoms with Gasteiger partial charge in [-0.25, -0.2) is 0 Å². The zero-order chi connectivity index (χ0) is 20.1. The van der Waals surface area contributed by atoms with Crippen LogP contribution >= 0.6 is 0 Å². The summed E-state index contributed by atoms with van der Waals surface area (Å²) >= 11 is 0. The molecule has 3 heterocycles. The van der Waals surface area contributed by atoms with Crippen LogP contribution in [0.3, 0.4) is 0 Å². The molecule has 0 saturated carbocycles. The summed E-state index contributed by atoms with van der Waals surface area (Å²) in [5.41, 5.74) is 3.22. The summed E-state index contributed by atoms with van der Waals surface area (Å²) in [7, 11) is 0. The highest BCUT2D eigenvalue weighted by atomic mass is 16.2. The Hall–Kier alpha value is -2.71. The van der Waals surface area contributed by atoms with Gasteiger partial charge in [-0.1, -0.05) is 18.2 Å². The molecule has 0 aliphatic carbocycles. The molecule has 150 valence electrons. The quantitative estimate of drug-likeness (QED) is 0.788. The fourth-order valence-corrected chi connectivity index (χ4v) is 4.82. The van der Waals surface area contributed by atoms with Gasteiger partial charge in [0, 0.05) is 56.3 Å². The number of amides is 1. The van der Waals surface area contributed by atoms with Crippen molar-refractivity contribution in [1.82, 2.24) is 14.8 Å².